The van der Waals surface area contributed by atoms with Crippen molar-refractivity contribution in [3.05, 3.63) is 152 Å². The van der Waals surface area contributed by atoms with Crippen LogP contribution in [-0.2, 0) is 0 Å². The molecule has 5 heteroatoms. The van der Waals surface area contributed by atoms with Gasteiger partial charge in [0.1, 0.15) is 22.3 Å². The molecule has 0 radical (unpaired) electrons. The third-order valence-electron chi connectivity index (χ3n) is 9.13. The average molecular weight is 616 g/mol. The van der Waals surface area contributed by atoms with Crippen LogP contribution in [0.1, 0.15) is 0 Å². The molecule has 0 bridgehead atoms. The minimum Gasteiger partial charge on any atom is -0.456 e. The van der Waals surface area contributed by atoms with E-state index in [1.54, 1.807) is 0 Å². The summed E-state index contributed by atoms with van der Waals surface area (Å²) < 4.78 is 12.6. The van der Waals surface area contributed by atoms with Crippen LogP contribution in [-0.4, -0.2) is 15.0 Å². The SMILES string of the molecule is c1ccc(-c2ccc3oc4cccc(-c5nc(-c6ccc7ccccc7c6)nc(-c6cccc7oc8ccccc8c67)n5)c4c3c2)cc1. The standard InChI is InChI=1S/C43H25N3O2/c1-2-10-26(11-3-1)29-22-23-36-34(25-29)40-33(16-9-19-38(40)48-36)43-45-41(30-21-20-27-12-4-5-13-28(27)24-30)44-42(46-43)32-15-8-18-37-39(32)31-14-6-7-17-35(31)47-37/h1-25H. The van der Waals surface area contributed by atoms with Crippen molar-refractivity contribution in [1.29, 1.82) is 0 Å². The number of rotatable bonds is 4. The molecule has 0 aliphatic carbocycles. The maximum Gasteiger partial charge on any atom is 0.164 e. The molecular formula is C43H25N3O2. The zero-order chi connectivity index (χ0) is 31.6. The Morgan fingerprint density at radius 3 is 1.69 bits per heavy atom. The Morgan fingerprint density at radius 1 is 0.333 bits per heavy atom. The molecule has 3 aromatic heterocycles. The summed E-state index contributed by atoms with van der Waals surface area (Å²) in [7, 11) is 0. The fraction of sp³-hybridized carbons (Fsp3) is 0. The summed E-state index contributed by atoms with van der Waals surface area (Å²) in [6.45, 7) is 0. The summed E-state index contributed by atoms with van der Waals surface area (Å²) in [5.41, 5.74) is 8.16. The van der Waals surface area contributed by atoms with Crippen LogP contribution in [0.5, 0.6) is 0 Å². The van der Waals surface area contributed by atoms with Gasteiger partial charge in [-0.3, -0.25) is 0 Å². The molecule has 7 aromatic carbocycles. The molecule has 0 saturated heterocycles. The van der Waals surface area contributed by atoms with E-state index in [2.05, 4.69) is 97.1 Å². The van der Waals surface area contributed by atoms with Crippen molar-refractivity contribution in [2.24, 2.45) is 0 Å². The normalized spacial score (nSPS) is 11.8. The predicted octanol–water partition coefficient (Wildman–Crippen LogP) is 11.5. The van der Waals surface area contributed by atoms with Gasteiger partial charge in [0.2, 0.25) is 0 Å². The molecule has 0 amide bonds. The Labute approximate surface area is 274 Å². The van der Waals surface area contributed by atoms with E-state index in [9.17, 15) is 0 Å². The third-order valence-corrected chi connectivity index (χ3v) is 9.13. The van der Waals surface area contributed by atoms with Gasteiger partial charge in [0.25, 0.3) is 0 Å². The minimum absolute atomic E-state index is 0.575. The van der Waals surface area contributed by atoms with Gasteiger partial charge in [0, 0.05) is 38.2 Å². The second-order valence-electron chi connectivity index (χ2n) is 12.0. The van der Waals surface area contributed by atoms with Crippen molar-refractivity contribution in [2.75, 3.05) is 0 Å². The number of aromatic nitrogens is 3. The molecule has 48 heavy (non-hydrogen) atoms. The van der Waals surface area contributed by atoms with Crippen molar-refractivity contribution in [3.8, 4) is 45.3 Å². The number of hydrogen-bond donors (Lipinski definition) is 0. The summed E-state index contributed by atoms with van der Waals surface area (Å²) in [5, 5.41) is 6.27. The lowest BCUT2D eigenvalue weighted by Gasteiger charge is -2.10. The third kappa shape index (κ3) is 4.22. The first-order chi connectivity index (χ1) is 23.8. The molecule has 0 atom stereocenters. The first kappa shape index (κ1) is 26.6. The maximum absolute atomic E-state index is 6.40. The molecule has 3 heterocycles. The molecule has 0 N–H and O–H groups in total. The zero-order valence-electron chi connectivity index (χ0n) is 25.6. The van der Waals surface area contributed by atoms with Gasteiger partial charge < -0.3 is 8.83 Å². The molecule has 5 nitrogen and oxygen atoms in total. The van der Waals surface area contributed by atoms with Crippen LogP contribution >= 0.6 is 0 Å². The van der Waals surface area contributed by atoms with Crippen LogP contribution in [0.15, 0.2) is 160 Å². The number of fused-ring (bicyclic) bond motifs is 7. The summed E-state index contributed by atoms with van der Waals surface area (Å²) in [4.78, 5) is 15.5. The highest BCUT2D eigenvalue weighted by Gasteiger charge is 2.20. The highest BCUT2D eigenvalue weighted by atomic mass is 16.3. The minimum atomic E-state index is 0.575. The molecule has 0 aliphatic heterocycles. The van der Waals surface area contributed by atoms with E-state index in [-0.39, 0.29) is 0 Å². The molecule has 10 aromatic rings. The molecule has 10 rings (SSSR count). The van der Waals surface area contributed by atoms with Crippen molar-refractivity contribution < 1.29 is 8.83 Å². The molecule has 0 saturated carbocycles. The number of hydrogen-bond acceptors (Lipinski definition) is 5. The van der Waals surface area contributed by atoms with Crippen LogP contribution in [0.2, 0.25) is 0 Å². The average Bonchev–Trinajstić information content (AvgIpc) is 3.73. The van der Waals surface area contributed by atoms with Gasteiger partial charge >= 0.3 is 0 Å². The van der Waals surface area contributed by atoms with E-state index >= 15 is 0 Å². The number of para-hydroxylation sites is 1. The van der Waals surface area contributed by atoms with Crippen molar-refractivity contribution in [1.82, 2.24) is 15.0 Å². The van der Waals surface area contributed by atoms with Gasteiger partial charge in [-0.15, -0.1) is 0 Å². The Hall–Kier alpha value is -6.59. The van der Waals surface area contributed by atoms with Crippen molar-refractivity contribution in [2.45, 2.75) is 0 Å². The molecule has 224 valence electrons. The van der Waals surface area contributed by atoms with Crippen LogP contribution in [0.3, 0.4) is 0 Å². The second kappa shape index (κ2) is 10.5. The van der Waals surface area contributed by atoms with E-state index in [0.717, 1.165) is 82.5 Å². The Bertz CT molecular complexity index is 2850. The highest BCUT2D eigenvalue weighted by Crippen LogP contribution is 2.40. The number of furan rings is 2. The van der Waals surface area contributed by atoms with Crippen molar-refractivity contribution >= 4 is 54.6 Å². The van der Waals surface area contributed by atoms with E-state index in [0.29, 0.717) is 17.5 Å². The zero-order valence-corrected chi connectivity index (χ0v) is 25.6. The Balaban J connectivity index is 1.26. The van der Waals surface area contributed by atoms with Gasteiger partial charge in [0.15, 0.2) is 17.5 Å². The number of nitrogens with zero attached hydrogens (tertiary/aromatic N) is 3. The van der Waals surface area contributed by atoms with Crippen molar-refractivity contribution in [3.63, 3.8) is 0 Å². The smallest absolute Gasteiger partial charge is 0.164 e. The Morgan fingerprint density at radius 2 is 0.917 bits per heavy atom. The topological polar surface area (TPSA) is 65.0 Å². The first-order valence-electron chi connectivity index (χ1n) is 15.9. The van der Waals surface area contributed by atoms with Gasteiger partial charge in [0.05, 0.1) is 0 Å². The van der Waals surface area contributed by atoms with Gasteiger partial charge in [-0.25, -0.2) is 15.0 Å². The lowest BCUT2D eigenvalue weighted by molar-refractivity contribution is 0.668. The molecule has 0 aliphatic rings. The van der Waals surface area contributed by atoms with E-state index in [4.69, 9.17) is 23.8 Å². The lowest BCUT2D eigenvalue weighted by Crippen LogP contribution is -2.00. The van der Waals surface area contributed by atoms with Crippen LogP contribution in [0, 0.1) is 0 Å². The molecular weight excluding hydrogens is 590 g/mol. The number of benzene rings is 7. The quantitative estimate of drug-likeness (QED) is 0.197. The largest absolute Gasteiger partial charge is 0.456 e. The summed E-state index contributed by atoms with van der Waals surface area (Å²) in [6, 6.07) is 51.7. The monoisotopic (exact) mass is 615 g/mol. The highest BCUT2D eigenvalue weighted by molar-refractivity contribution is 6.14. The first-order valence-corrected chi connectivity index (χ1v) is 15.9. The summed E-state index contributed by atoms with van der Waals surface area (Å²) in [6.07, 6.45) is 0. The summed E-state index contributed by atoms with van der Waals surface area (Å²) in [5.74, 6) is 1.75. The van der Waals surface area contributed by atoms with Gasteiger partial charge in [-0.1, -0.05) is 115 Å². The van der Waals surface area contributed by atoms with E-state index in [1.807, 2.05) is 54.6 Å². The fourth-order valence-electron chi connectivity index (χ4n) is 6.86. The lowest BCUT2D eigenvalue weighted by atomic mass is 10.0. The maximum atomic E-state index is 6.40. The van der Waals surface area contributed by atoms with Gasteiger partial charge in [-0.2, -0.15) is 0 Å². The van der Waals surface area contributed by atoms with Crippen LogP contribution in [0.25, 0.3) is 99.9 Å². The predicted molar refractivity (Wildman–Crippen MR) is 194 cm³/mol. The van der Waals surface area contributed by atoms with E-state index < -0.39 is 0 Å². The van der Waals surface area contributed by atoms with Crippen LogP contribution < -0.4 is 0 Å². The van der Waals surface area contributed by atoms with Crippen LogP contribution in [0.4, 0.5) is 0 Å². The van der Waals surface area contributed by atoms with E-state index in [1.165, 1.54) is 0 Å². The fourth-order valence-corrected chi connectivity index (χ4v) is 6.86. The molecule has 0 fully saturated rings. The molecule has 0 spiro atoms. The summed E-state index contributed by atoms with van der Waals surface area (Å²) >= 11 is 0. The Kier molecular flexibility index (Phi) is 5.81. The van der Waals surface area contributed by atoms with Gasteiger partial charge in [-0.05, 0) is 58.3 Å². The molecule has 0 unspecified atom stereocenters. The second-order valence-corrected chi connectivity index (χ2v) is 12.0.